The maximum atomic E-state index is 11.3. The van der Waals surface area contributed by atoms with Crippen LogP contribution < -0.4 is 11.2 Å². The van der Waals surface area contributed by atoms with Crippen LogP contribution in [0.5, 0.6) is 5.75 Å². The zero-order valence-electron chi connectivity index (χ0n) is 10.6. The monoisotopic (exact) mass is 264 g/mol. The molecule has 19 heavy (non-hydrogen) atoms. The van der Waals surface area contributed by atoms with Gasteiger partial charge in [0.25, 0.3) is 0 Å². The van der Waals surface area contributed by atoms with Crippen molar-refractivity contribution in [1.82, 2.24) is 15.0 Å². The van der Waals surface area contributed by atoms with Gasteiger partial charge in [0.1, 0.15) is 18.6 Å². The molecule has 3 N–H and O–H groups in total. The molecule has 0 saturated carbocycles. The van der Waals surface area contributed by atoms with Crippen molar-refractivity contribution in [1.29, 1.82) is 0 Å². The Labute approximate surface area is 109 Å². The first-order chi connectivity index (χ1) is 9.10. The van der Waals surface area contributed by atoms with Gasteiger partial charge in [-0.3, -0.25) is 4.79 Å². The third kappa shape index (κ3) is 3.19. The van der Waals surface area contributed by atoms with Gasteiger partial charge < -0.3 is 15.3 Å². The van der Waals surface area contributed by atoms with E-state index >= 15 is 0 Å². The van der Waals surface area contributed by atoms with Crippen molar-refractivity contribution in [3.63, 3.8) is 0 Å². The average Bonchev–Trinajstić information content (AvgIpc) is 2.83. The summed E-state index contributed by atoms with van der Waals surface area (Å²) in [7, 11) is 0. The first kappa shape index (κ1) is 13.3. The molecular weight excluding hydrogens is 248 g/mol. The van der Waals surface area contributed by atoms with Crippen molar-refractivity contribution in [3.05, 3.63) is 40.2 Å². The van der Waals surface area contributed by atoms with Crippen LogP contribution in [0.2, 0.25) is 0 Å². The van der Waals surface area contributed by atoms with E-state index in [-0.39, 0.29) is 12.6 Å². The Bertz CT molecular complexity index is 605. The fourth-order valence-electron chi connectivity index (χ4n) is 1.71. The van der Waals surface area contributed by atoms with E-state index in [9.17, 15) is 4.79 Å². The highest BCUT2D eigenvalue weighted by Crippen LogP contribution is 2.12. The molecule has 0 spiro atoms. The van der Waals surface area contributed by atoms with Crippen LogP contribution in [0.4, 0.5) is 0 Å². The van der Waals surface area contributed by atoms with Crippen LogP contribution in [-0.4, -0.2) is 20.1 Å². The number of aromatic nitrogens is 3. The first-order valence-electron chi connectivity index (χ1n) is 6.06. The summed E-state index contributed by atoms with van der Waals surface area (Å²) < 4.78 is 6.63. The molecule has 0 fully saturated rings. The van der Waals surface area contributed by atoms with Crippen molar-refractivity contribution in [3.8, 4) is 5.75 Å². The smallest absolute Gasteiger partial charge is 0.226 e. The molecule has 0 aliphatic carbocycles. The van der Waals surface area contributed by atoms with E-state index in [4.69, 9.17) is 15.3 Å². The predicted octanol–water partition coefficient (Wildman–Crippen LogP) is 0.785. The number of aromatic hydroxyl groups is 1. The van der Waals surface area contributed by atoms with Crippen LogP contribution in [0.15, 0.2) is 27.7 Å². The topological polar surface area (TPSA) is 107 Å². The third-order valence-corrected chi connectivity index (χ3v) is 2.72. The number of rotatable bonds is 5. The lowest BCUT2D eigenvalue weighted by Crippen LogP contribution is -2.10. The third-order valence-electron chi connectivity index (χ3n) is 2.72. The van der Waals surface area contributed by atoms with E-state index in [2.05, 4.69) is 17.2 Å². The van der Waals surface area contributed by atoms with Gasteiger partial charge in [0.2, 0.25) is 5.43 Å². The minimum Gasteiger partial charge on any atom is -0.502 e. The highest BCUT2D eigenvalue weighted by molar-refractivity contribution is 5.15. The molecule has 0 radical (unpaired) electrons. The van der Waals surface area contributed by atoms with Crippen LogP contribution >= 0.6 is 0 Å². The van der Waals surface area contributed by atoms with Crippen molar-refractivity contribution in [2.24, 2.45) is 5.73 Å². The van der Waals surface area contributed by atoms with Crippen molar-refractivity contribution in [2.75, 3.05) is 0 Å². The first-order valence-corrected chi connectivity index (χ1v) is 6.06. The fourth-order valence-corrected chi connectivity index (χ4v) is 1.71. The SMILES string of the molecule is CCCC(N)c1cn(Cc2cc(=O)c(O)co2)nn1. The molecule has 0 aromatic carbocycles. The Balaban J connectivity index is 2.11. The summed E-state index contributed by atoms with van der Waals surface area (Å²) in [4.78, 5) is 11.3. The molecule has 2 aromatic heterocycles. The summed E-state index contributed by atoms with van der Waals surface area (Å²) in [6, 6.07) is 1.09. The molecule has 0 aliphatic rings. The van der Waals surface area contributed by atoms with Gasteiger partial charge in [-0.2, -0.15) is 0 Å². The van der Waals surface area contributed by atoms with Gasteiger partial charge in [-0.15, -0.1) is 5.10 Å². The van der Waals surface area contributed by atoms with Gasteiger partial charge in [0.05, 0.1) is 17.9 Å². The second-order valence-electron chi connectivity index (χ2n) is 4.33. The van der Waals surface area contributed by atoms with E-state index in [1.165, 1.54) is 6.07 Å². The maximum Gasteiger partial charge on any atom is 0.226 e. The summed E-state index contributed by atoms with van der Waals surface area (Å²) in [5.74, 6) is -0.0173. The Morgan fingerprint density at radius 1 is 1.58 bits per heavy atom. The minimum absolute atomic E-state index is 0.134. The molecular formula is C12H16N4O3. The molecule has 7 nitrogen and oxygen atoms in total. The molecule has 2 aromatic rings. The number of hydrogen-bond acceptors (Lipinski definition) is 6. The standard InChI is InChI=1S/C12H16N4O3/c1-2-3-9(13)10-6-16(15-14-10)5-8-4-11(17)12(18)7-19-8/h4,6-7,9,18H,2-3,5,13H2,1H3. The Morgan fingerprint density at radius 3 is 3.05 bits per heavy atom. The zero-order chi connectivity index (χ0) is 13.8. The van der Waals surface area contributed by atoms with Crippen molar-refractivity contribution < 1.29 is 9.52 Å². The van der Waals surface area contributed by atoms with Crippen LogP contribution in [0.25, 0.3) is 0 Å². The van der Waals surface area contributed by atoms with E-state index in [1.54, 1.807) is 10.9 Å². The maximum absolute atomic E-state index is 11.3. The van der Waals surface area contributed by atoms with Gasteiger partial charge in [-0.05, 0) is 6.42 Å². The van der Waals surface area contributed by atoms with Gasteiger partial charge in [0, 0.05) is 6.07 Å². The van der Waals surface area contributed by atoms with Crippen molar-refractivity contribution >= 4 is 0 Å². The molecule has 1 unspecified atom stereocenters. The highest BCUT2D eigenvalue weighted by Gasteiger charge is 2.10. The molecule has 2 heterocycles. The fraction of sp³-hybridized carbons (Fsp3) is 0.417. The number of hydrogen-bond donors (Lipinski definition) is 2. The highest BCUT2D eigenvalue weighted by atomic mass is 16.4. The van der Waals surface area contributed by atoms with E-state index in [0.717, 1.165) is 19.1 Å². The van der Waals surface area contributed by atoms with E-state index < -0.39 is 11.2 Å². The van der Waals surface area contributed by atoms with Crippen LogP contribution in [0, 0.1) is 0 Å². The number of nitrogens with zero attached hydrogens (tertiary/aromatic N) is 3. The minimum atomic E-state index is -0.482. The quantitative estimate of drug-likeness (QED) is 0.826. The molecule has 7 heteroatoms. The number of nitrogens with two attached hydrogens (primary N) is 1. The van der Waals surface area contributed by atoms with Crippen LogP contribution in [-0.2, 0) is 6.54 Å². The second kappa shape index (κ2) is 5.66. The molecule has 0 aliphatic heterocycles. The molecule has 0 amide bonds. The lowest BCUT2D eigenvalue weighted by atomic mass is 10.1. The lowest BCUT2D eigenvalue weighted by molar-refractivity contribution is 0.403. The second-order valence-corrected chi connectivity index (χ2v) is 4.33. The summed E-state index contributed by atoms with van der Waals surface area (Å²) >= 11 is 0. The van der Waals surface area contributed by atoms with Crippen molar-refractivity contribution in [2.45, 2.75) is 32.4 Å². The average molecular weight is 264 g/mol. The van der Waals surface area contributed by atoms with Gasteiger partial charge in [-0.25, -0.2) is 4.68 Å². The largest absolute Gasteiger partial charge is 0.502 e. The Hall–Kier alpha value is -2.15. The Kier molecular flexibility index (Phi) is 3.96. The van der Waals surface area contributed by atoms with E-state index in [0.29, 0.717) is 11.5 Å². The van der Waals surface area contributed by atoms with Gasteiger partial charge in [-0.1, -0.05) is 18.6 Å². The normalized spacial score (nSPS) is 12.5. The summed E-state index contributed by atoms with van der Waals surface area (Å²) in [5.41, 5.74) is 6.16. The van der Waals surface area contributed by atoms with Crippen LogP contribution in [0.3, 0.4) is 0 Å². The Morgan fingerprint density at radius 2 is 2.37 bits per heavy atom. The summed E-state index contributed by atoms with van der Waals surface area (Å²) in [6.45, 7) is 2.32. The molecule has 2 rings (SSSR count). The zero-order valence-corrected chi connectivity index (χ0v) is 10.6. The molecule has 102 valence electrons. The summed E-state index contributed by atoms with van der Waals surface area (Å²) in [6.07, 6.45) is 4.55. The summed E-state index contributed by atoms with van der Waals surface area (Å²) in [5, 5.41) is 17.0. The van der Waals surface area contributed by atoms with E-state index in [1.807, 2.05) is 0 Å². The predicted molar refractivity (Wildman–Crippen MR) is 67.6 cm³/mol. The molecule has 0 bridgehead atoms. The molecule has 0 saturated heterocycles. The molecule has 1 atom stereocenters. The van der Waals surface area contributed by atoms with Crippen LogP contribution in [0.1, 0.15) is 37.3 Å². The lowest BCUT2D eigenvalue weighted by Gasteiger charge is -2.04. The van der Waals surface area contributed by atoms with Gasteiger partial charge >= 0.3 is 0 Å². The van der Waals surface area contributed by atoms with Gasteiger partial charge in [0.15, 0.2) is 5.75 Å².